The lowest BCUT2D eigenvalue weighted by molar-refractivity contribution is -0.172. The van der Waals surface area contributed by atoms with Gasteiger partial charge in [0.2, 0.25) is 5.91 Å². The Morgan fingerprint density at radius 2 is 2.05 bits per heavy atom. The molecule has 7 rings (SSSR count). The van der Waals surface area contributed by atoms with Crippen LogP contribution >= 0.6 is 0 Å². The highest BCUT2D eigenvalue weighted by atomic mass is 19.1. The van der Waals surface area contributed by atoms with E-state index < -0.39 is 5.82 Å². The van der Waals surface area contributed by atoms with Crippen LogP contribution < -0.4 is 0 Å². The number of nitrogens with one attached hydrogen (secondary N) is 2. The van der Waals surface area contributed by atoms with Gasteiger partial charge >= 0.3 is 0 Å². The SMILES string of the molecule is CCc1cc(O)c(F)cc1-c1ccc2c(-c3nc4c([nH]3)CN3C(C)C5C(N(C)C)CN5C(=O)[C@@H]3C4)n[nH]c2c1. The molecule has 3 aliphatic rings. The molecule has 0 spiro atoms. The Kier molecular flexibility index (Phi) is 5.37. The maximum atomic E-state index is 14.2. The molecule has 4 atom stereocenters. The second-order valence-corrected chi connectivity index (χ2v) is 11.3. The molecule has 4 aromatic rings. The maximum Gasteiger partial charge on any atom is 0.240 e. The van der Waals surface area contributed by atoms with Crippen molar-refractivity contribution < 1.29 is 14.3 Å². The maximum absolute atomic E-state index is 14.2. The van der Waals surface area contributed by atoms with E-state index in [4.69, 9.17) is 4.98 Å². The molecule has 0 bridgehead atoms. The van der Waals surface area contributed by atoms with Crippen molar-refractivity contribution in [2.75, 3.05) is 20.6 Å². The van der Waals surface area contributed by atoms with E-state index in [1.54, 1.807) is 0 Å². The van der Waals surface area contributed by atoms with Gasteiger partial charge in [-0.15, -0.1) is 0 Å². The van der Waals surface area contributed by atoms with E-state index in [0.717, 1.165) is 45.5 Å². The van der Waals surface area contributed by atoms with Gasteiger partial charge in [-0.25, -0.2) is 9.37 Å². The van der Waals surface area contributed by atoms with Gasteiger partial charge in [0, 0.05) is 37.0 Å². The molecular formula is C29H32FN7O2. The fourth-order valence-corrected chi connectivity index (χ4v) is 6.82. The van der Waals surface area contributed by atoms with Crippen molar-refractivity contribution in [3.05, 3.63) is 53.1 Å². The topological polar surface area (TPSA) is 104 Å². The average molecular weight is 530 g/mol. The normalized spacial score (nSPS) is 24.6. The zero-order valence-electron chi connectivity index (χ0n) is 22.5. The first-order chi connectivity index (χ1) is 18.7. The monoisotopic (exact) mass is 529 g/mol. The summed E-state index contributed by atoms with van der Waals surface area (Å²) in [5.41, 5.74) is 5.95. The van der Waals surface area contributed by atoms with Gasteiger partial charge in [0.05, 0.1) is 29.0 Å². The smallest absolute Gasteiger partial charge is 0.240 e. The molecule has 5 heterocycles. The number of imidazole rings is 1. The molecule has 2 aromatic heterocycles. The number of amides is 1. The van der Waals surface area contributed by atoms with Crippen LogP contribution in [-0.4, -0.2) is 90.7 Å². The number of phenols is 1. The third-order valence-corrected chi connectivity index (χ3v) is 9.03. The van der Waals surface area contributed by atoms with E-state index in [1.165, 1.54) is 12.1 Å². The summed E-state index contributed by atoms with van der Waals surface area (Å²) in [6.07, 6.45) is 1.25. The number of piperazine rings is 1. The Balaban J connectivity index is 1.20. The Bertz CT molecular complexity index is 1630. The molecular weight excluding hydrogens is 497 g/mol. The molecule has 0 aliphatic carbocycles. The number of hydrogen-bond acceptors (Lipinski definition) is 6. The summed E-state index contributed by atoms with van der Waals surface area (Å²) in [6, 6.07) is 9.42. The molecule has 9 nitrogen and oxygen atoms in total. The fourth-order valence-electron chi connectivity index (χ4n) is 6.82. The van der Waals surface area contributed by atoms with Gasteiger partial charge in [-0.1, -0.05) is 13.0 Å². The number of aromatic hydroxyl groups is 1. The minimum Gasteiger partial charge on any atom is -0.505 e. The number of phenolic OH excluding ortho intramolecular Hbond substituents is 1. The molecule has 1 amide bonds. The van der Waals surface area contributed by atoms with Crippen molar-refractivity contribution in [2.24, 2.45) is 0 Å². The number of carbonyl (C=O) groups excluding carboxylic acids is 1. The molecule has 2 saturated heterocycles. The number of rotatable bonds is 4. The van der Waals surface area contributed by atoms with E-state index in [1.807, 2.05) is 25.1 Å². The van der Waals surface area contributed by atoms with Crippen molar-refractivity contribution in [1.82, 2.24) is 34.9 Å². The quantitative estimate of drug-likeness (QED) is 0.375. The van der Waals surface area contributed by atoms with Gasteiger partial charge in [0.15, 0.2) is 17.4 Å². The molecule has 3 unspecified atom stereocenters. The largest absolute Gasteiger partial charge is 0.505 e. The highest BCUT2D eigenvalue weighted by Crippen LogP contribution is 2.39. The molecule has 3 aliphatic heterocycles. The Morgan fingerprint density at radius 3 is 2.82 bits per heavy atom. The number of aryl methyl sites for hydroxylation is 1. The number of nitrogens with zero attached hydrogens (tertiary/aromatic N) is 5. The predicted octanol–water partition coefficient (Wildman–Crippen LogP) is 3.30. The highest BCUT2D eigenvalue weighted by Gasteiger charge is 2.55. The lowest BCUT2D eigenvalue weighted by atomic mass is 9.81. The van der Waals surface area contributed by atoms with Gasteiger partial charge in [-0.05, 0) is 68.4 Å². The van der Waals surface area contributed by atoms with Crippen molar-refractivity contribution in [3.63, 3.8) is 0 Å². The lowest BCUT2D eigenvalue weighted by Gasteiger charge is -2.61. The van der Waals surface area contributed by atoms with Crippen LogP contribution in [-0.2, 0) is 24.2 Å². The second kappa shape index (κ2) is 8.62. The van der Waals surface area contributed by atoms with E-state index in [-0.39, 0.29) is 29.8 Å². The van der Waals surface area contributed by atoms with Crippen LogP contribution in [0.2, 0.25) is 0 Å². The van der Waals surface area contributed by atoms with Crippen LogP contribution in [0.25, 0.3) is 33.5 Å². The predicted molar refractivity (Wildman–Crippen MR) is 146 cm³/mol. The Labute approximate surface area is 225 Å². The number of carbonyl (C=O) groups is 1. The van der Waals surface area contributed by atoms with Gasteiger partial charge in [0.25, 0.3) is 0 Å². The number of H-pyrrole nitrogens is 2. The summed E-state index contributed by atoms with van der Waals surface area (Å²) in [5.74, 6) is -0.0867. The first-order valence-electron chi connectivity index (χ1n) is 13.6. The Hall–Kier alpha value is -3.76. The van der Waals surface area contributed by atoms with Crippen molar-refractivity contribution >= 4 is 16.8 Å². The first kappa shape index (κ1) is 24.3. The Morgan fingerprint density at radius 1 is 1.23 bits per heavy atom. The van der Waals surface area contributed by atoms with Crippen LogP contribution in [0.4, 0.5) is 4.39 Å². The van der Waals surface area contributed by atoms with Crippen molar-refractivity contribution in [1.29, 1.82) is 0 Å². The fraction of sp³-hybridized carbons (Fsp3) is 0.414. The summed E-state index contributed by atoms with van der Waals surface area (Å²) >= 11 is 0. The van der Waals surface area contributed by atoms with E-state index in [9.17, 15) is 14.3 Å². The van der Waals surface area contributed by atoms with E-state index in [2.05, 4.69) is 50.9 Å². The number of halogens is 1. The minimum atomic E-state index is -0.639. The minimum absolute atomic E-state index is 0.181. The standard InChI is InChI=1S/C29H32FN7O2/c1-5-15-9-25(38)19(30)10-18(15)16-6-7-17-20(8-16)33-34-26(17)28-31-21-11-23-29(39)37-13-24(35(3)4)27(37)14(2)36(23)12-22(21)32-28/h6-10,14,23-24,27,38H,5,11-13H2,1-4H3,(H,31,32)(H,33,34)/t14?,23-,24?,27?/m0/s1. The van der Waals surface area contributed by atoms with Crippen LogP contribution in [0.3, 0.4) is 0 Å². The molecule has 202 valence electrons. The number of benzene rings is 2. The third kappa shape index (κ3) is 3.54. The van der Waals surface area contributed by atoms with Crippen LogP contribution in [0, 0.1) is 5.82 Å². The summed E-state index contributed by atoms with van der Waals surface area (Å²) in [5, 5.41) is 18.4. The number of aromatic amines is 2. The summed E-state index contributed by atoms with van der Waals surface area (Å²) in [6.45, 7) is 5.66. The zero-order chi connectivity index (χ0) is 27.2. The second-order valence-electron chi connectivity index (χ2n) is 11.3. The molecule has 10 heteroatoms. The molecule has 2 aromatic carbocycles. The van der Waals surface area contributed by atoms with E-state index in [0.29, 0.717) is 36.9 Å². The molecule has 3 N–H and O–H groups in total. The van der Waals surface area contributed by atoms with E-state index >= 15 is 0 Å². The third-order valence-electron chi connectivity index (χ3n) is 9.03. The highest BCUT2D eigenvalue weighted by molar-refractivity contribution is 5.94. The van der Waals surface area contributed by atoms with Gasteiger partial charge in [0.1, 0.15) is 5.69 Å². The van der Waals surface area contributed by atoms with Crippen molar-refractivity contribution in [3.8, 4) is 28.4 Å². The summed E-state index contributed by atoms with van der Waals surface area (Å²) in [7, 11) is 4.17. The molecule has 39 heavy (non-hydrogen) atoms. The zero-order valence-corrected chi connectivity index (χ0v) is 22.5. The summed E-state index contributed by atoms with van der Waals surface area (Å²) < 4.78 is 14.2. The number of aromatic nitrogens is 4. The van der Waals surface area contributed by atoms with Crippen LogP contribution in [0.1, 0.15) is 30.8 Å². The number of fused-ring (bicyclic) bond motifs is 4. The first-order valence-corrected chi connectivity index (χ1v) is 13.6. The van der Waals surface area contributed by atoms with Crippen molar-refractivity contribution in [2.45, 2.75) is 57.4 Å². The van der Waals surface area contributed by atoms with Gasteiger partial charge in [-0.3, -0.25) is 14.8 Å². The van der Waals surface area contributed by atoms with Crippen LogP contribution in [0.5, 0.6) is 5.75 Å². The number of hydrogen-bond donors (Lipinski definition) is 3. The average Bonchev–Trinajstić information content (AvgIpc) is 3.50. The lowest BCUT2D eigenvalue weighted by Crippen LogP contribution is -2.79. The van der Waals surface area contributed by atoms with Gasteiger partial charge in [-0.2, -0.15) is 5.10 Å². The molecule has 0 radical (unpaired) electrons. The van der Waals surface area contributed by atoms with Crippen LogP contribution in [0.15, 0.2) is 30.3 Å². The summed E-state index contributed by atoms with van der Waals surface area (Å²) in [4.78, 5) is 28.4. The number of likely N-dealkylation sites (N-methyl/N-ethyl adjacent to an activating group) is 1. The van der Waals surface area contributed by atoms with Gasteiger partial charge < -0.3 is 19.9 Å². The molecule has 0 saturated carbocycles. The molecule has 2 fully saturated rings.